The van der Waals surface area contributed by atoms with E-state index in [1.807, 2.05) is 6.92 Å². The zero-order valence-electron chi connectivity index (χ0n) is 9.75. The van der Waals surface area contributed by atoms with Crippen LogP contribution in [0.2, 0.25) is 0 Å². The molecule has 1 amide bonds. The Balaban J connectivity index is 1.91. The fourth-order valence-corrected chi connectivity index (χ4v) is 2.66. The number of rotatable bonds is 4. The van der Waals surface area contributed by atoms with E-state index < -0.39 is 5.54 Å². The molecule has 3 nitrogen and oxygen atoms in total. The molecular formula is C12H18N2OS. The summed E-state index contributed by atoms with van der Waals surface area (Å²) in [5, 5.41) is 7.09. The molecule has 0 bridgehead atoms. The standard InChI is InChI=1S/C12H18N2OS/c1-8-6-16-7-9(8)5-14-11(15)12(2,13)10-3-4-10/h6-7,10H,3-5,13H2,1-2H3,(H,14,15). The van der Waals surface area contributed by atoms with Crippen LogP contribution in [0.15, 0.2) is 10.8 Å². The topological polar surface area (TPSA) is 55.1 Å². The molecule has 1 aromatic heterocycles. The van der Waals surface area contributed by atoms with Crippen molar-refractivity contribution in [3.8, 4) is 0 Å². The molecule has 2 rings (SSSR count). The maximum absolute atomic E-state index is 11.9. The molecule has 0 aromatic carbocycles. The summed E-state index contributed by atoms with van der Waals surface area (Å²) in [5.74, 6) is 0.344. The number of hydrogen-bond acceptors (Lipinski definition) is 3. The lowest BCUT2D eigenvalue weighted by Crippen LogP contribution is -2.53. The Morgan fingerprint density at radius 2 is 2.31 bits per heavy atom. The molecule has 0 radical (unpaired) electrons. The van der Waals surface area contributed by atoms with E-state index in [0.29, 0.717) is 12.5 Å². The van der Waals surface area contributed by atoms with Gasteiger partial charge in [-0.1, -0.05) is 0 Å². The summed E-state index contributed by atoms with van der Waals surface area (Å²) < 4.78 is 0. The smallest absolute Gasteiger partial charge is 0.240 e. The van der Waals surface area contributed by atoms with Crippen LogP contribution in [0.4, 0.5) is 0 Å². The summed E-state index contributed by atoms with van der Waals surface area (Å²) in [6.07, 6.45) is 2.16. The molecule has 0 aliphatic heterocycles. The van der Waals surface area contributed by atoms with Gasteiger partial charge in [-0.2, -0.15) is 11.3 Å². The second kappa shape index (κ2) is 4.18. The highest BCUT2D eigenvalue weighted by Gasteiger charge is 2.43. The predicted octanol–water partition coefficient (Wildman–Crippen LogP) is 1.80. The summed E-state index contributed by atoms with van der Waals surface area (Å²) in [6, 6.07) is 0. The molecule has 3 N–H and O–H groups in total. The van der Waals surface area contributed by atoms with Crippen LogP contribution in [-0.2, 0) is 11.3 Å². The second-order valence-corrected chi connectivity index (χ2v) is 5.56. The van der Waals surface area contributed by atoms with Crippen LogP contribution in [-0.4, -0.2) is 11.4 Å². The van der Waals surface area contributed by atoms with E-state index in [2.05, 4.69) is 23.0 Å². The van der Waals surface area contributed by atoms with Gasteiger partial charge in [0, 0.05) is 6.54 Å². The van der Waals surface area contributed by atoms with Gasteiger partial charge in [-0.05, 0) is 54.5 Å². The number of hydrogen-bond donors (Lipinski definition) is 2. The predicted molar refractivity (Wildman–Crippen MR) is 66.2 cm³/mol. The zero-order valence-corrected chi connectivity index (χ0v) is 10.6. The third kappa shape index (κ3) is 2.28. The molecule has 1 aromatic rings. The van der Waals surface area contributed by atoms with E-state index in [-0.39, 0.29) is 5.91 Å². The van der Waals surface area contributed by atoms with Crippen molar-refractivity contribution in [3.05, 3.63) is 21.9 Å². The van der Waals surface area contributed by atoms with Crippen LogP contribution in [0, 0.1) is 12.8 Å². The molecule has 1 aliphatic carbocycles. The van der Waals surface area contributed by atoms with Crippen LogP contribution in [0.25, 0.3) is 0 Å². The first-order valence-corrected chi connectivity index (χ1v) is 6.55. The largest absolute Gasteiger partial charge is 0.350 e. The zero-order chi connectivity index (χ0) is 11.8. The Labute approximate surface area is 100 Å². The first-order valence-electron chi connectivity index (χ1n) is 5.60. The Kier molecular flexibility index (Phi) is 3.04. The summed E-state index contributed by atoms with van der Waals surface area (Å²) >= 11 is 1.66. The SMILES string of the molecule is Cc1cscc1CNC(=O)C(C)(N)C1CC1. The van der Waals surface area contributed by atoms with Gasteiger partial charge in [-0.25, -0.2) is 0 Å². The van der Waals surface area contributed by atoms with Crippen molar-refractivity contribution in [1.29, 1.82) is 0 Å². The molecule has 0 saturated heterocycles. The summed E-state index contributed by atoms with van der Waals surface area (Å²) in [7, 11) is 0. The number of carbonyl (C=O) groups is 1. The maximum Gasteiger partial charge on any atom is 0.240 e. The average Bonchev–Trinajstić information content (AvgIpc) is 3.01. The van der Waals surface area contributed by atoms with E-state index >= 15 is 0 Å². The number of nitrogens with two attached hydrogens (primary N) is 1. The Hall–Kier alpha value is -0.870. The Bertz CT molecular complexity index is 393. The number of carbonyl (C=O) groups excluding carboxylic acids is 1. The van der Waals surface area contributed by atoms with Gasteiger partial charge < -0.3 is 11.1 Å². The Morgan fingerprint density at radius 1 is 1.62 bits per heavy atom. The van der Waals surface area contributed by atoms with Gasteiger partial charge in [0.15, 0.2) is 0 Å². The molecule has 1 fully saturated rings. The molecular weight excluding hydrogens is 220 g/mol. The normalized spacial score (nSPS) is 19.2. The van der Waals surface area contributed by atoms with Crippen LogP contribution in [0.3, 0.4) is 0 Å². The summed E-state index contributed by atoms with van der Waals surface area (Å²) in [4.78, 5) is 11.9. The molecule has 1 heterocycles. The second-order valence-electron chi connectivity index (χ2n) is 4.82. The highest BCUT2D eigenvalue weighted by molar-refractivity contribution is 7.08. The van der Waals surface area contributed by atoms with Crippen molar-refractivity contribution in [2.75, 3.05) is 0 Å². The van der Waals surface area contributed by atoms with Gasteiger partial charge in [-0.15, -0.1) is 0 Å². The number of amides is 1. The first-order chi connectivity index (χ1) is 7.51. The van der Waals surface area contributed by atoms with Crippen molar-refractivity contribution in [1.82, 2.24) is 5.32 Å². The summed E-state index contributed by atoms with van der Waals surface area (Å²) in [6.45, 7) is 4.48. The lowest BCUT2D eigenvalue weighted by Gasteiger charge is -2.23. The molecule has 4 heteroatoms. The monoisotopic (exact) mass is 238 g/mol. The minimum atomic E-state index is -0.691. The van der Waals surface area contributed by atoms with Gasteiger partial charge >= 0.3 is 0 Å². The van der Waals surface area contributed by atoms with E-state index in [9.17, 15) is 4.79 Å². The van der Waals surface area contributed by atoms with Crippen molar-refractivity contribution in [3.63, 3.8) is 0 Å². The van der Waals surface area contributed by atoms with Crippen molar-refractivity contribution in [2.24, 2.45) is 11.7 Å². The first kappa shape index (κ1) is 11.6. The minimum Gasteiger partial charge on any atom is -0.350 e. The minimum absolute atomic E-state index is 0.0272. The molecule has 0 spiro atoms. The highest BCUT2D eigenvalue weighted by atomic mass is 32.1. The van der Waals surface area contributed by atoms with E-state index in [1.165, 1.54) is 11.1 Å². The van der Waals surface area contributed by atoms with Crippen LogP contribution < -0.4 is 11.1 Å². The molecule has 1 unspecified atom stereocenters. The lowest BCUT2D eigenvalue weighted by atomic mass is 9.96. The highest BCUT2D eigenvalue weighted by Crippen LogP contribution is 2.38. The average molecular weight is 238 g/mol. The maximum atomic E-state index is 11.9. The summed E-state index contributed by atoms with van der Waals surface area (Å²) in [5.41, 5.74) is 7.76. The quantitative estimate of drug-likeness (QED) is 0.840. The van der Waals surface area contributed by atoms with E-state index in [0.717, 1.165) is 12.8 Å². The Morgan fingerprint density at radius 3 is 2.81 bits per heavy atom. The van der Waals surface area contributed by atoms with Crippen LogP contribution in [0.5, 0.6) is 0 Å². The molecule has 1 saturated carbocycles. The molecule has 88 valence electrons. The van der Waals surface area contributed by atoms with Gasteiger partial charge in [0.1, 0.15) is 0 Å². The number of nitrogens with one attached hydrogen (secondary N) is 1. The van der Waals surface area contributed by atoms with Crippen molar-refractivity contribution in [2.45, 2.75) is 38.8 Å². The molecule has 16 heavy (non-hydrogen) atoms. The van der Waals surface area contributed by atoms with Crippen molar-refractivity contribution < 1.29 is 4.79 Å². The third-order valence-corrected chi connectivity index (χ3v) is 4.23. The van der Waals surface area contributed by atoms with Crippen LogP contribution in [0.1, 0.15) is 30.9 Å². The van der Waals surface area contributed by atoms with Gasteiger partial charge in [0.25, 0.3) is 0 Å². The van der Waals surface area contributed by atoms with Crippen molar-refractivity contribution >= 4 is 17.2 Å². The number of thiophene rings is 1. The van der Waals surface area contributed by atoms with E-state index in [4.69, 9.17) is 5.73 Å². The fraction of sp³-hybridized carbons (Fsp3) is 0.583. The van der Waals surface area contributed by atoms with Gasteiger partial charge in [0.2, 0.25) is 5.91 Å². The molecule has 1 aliphatic rings. The van der Waals surface area contributed by atoms with Gasteiger partial charge in [0.05, 0.1) is 5.54 Å². The van der Waals surface area contributed by atoms with Crippen LogP contribution >= 0.6 is 11.3 Å². The fourth-order valence-electron chi connectivity index (χ4n) is 1.80. The lowest BCUT2D eigenvalue weighted by molar-refractivity contribution is -0.126. The third-order valence-electron chi connectivity index (χ3n) is 3.32. The molecule has 1 atom stereocenters. The number of aryl methyl sites for hydroxylation is 1. The van der Waals surface area contributed by atoms with E-state index in [1.54, 1.807) is 11.3 Å². The van der Waals surface area contributed by atoms with Gasteiger partial charge in [-0.3, -0.25) is 4.79 Å².